The number of nitrogens with zero attached hydrogens (tertiary/aromatic N) is 2. The normalized spacial score (nSPS) is 12.8. The molecular formula is C13H18BrN3S. The molecule has 2 aromatic rings. The molecule has 0 aliphatic carbocycles. The molecule has 0 aliphatic heterocycles. The van der Waals surface area contributed by atoms with Crippen LogP contribution in [-0.4, -0.2) is 16.3 Å². The second-order valence-electron chi connectivity index (χ2n) is 4.34. The molecule has 1 atom stereocenters. The minimum Gasteiger partial charge on any atom is -0.308 e. The summed E-state index contributed by atoms with van der Waals surface area (Å²) in [6.07, 6.45) is 4.00. The number of halogens is 1. The summed E-state index contributed by atoms with van der Waals surface area (Å²) in [4.78, 5) is 0. The van der Waals surface area contributed by atoms with E-state index in [9.17, 15) is 0 Å². The van der Waals surface area contributed by atoms with Gasteiger partial charge in [0.25, 0.3) is 0 Å². The van der Waals surface area contributed by atoms with E-state index in [1.54, 1.807) is 11.3 Å². The van der Waals surface area contributed by atoms with Gasteiger partial charge in [0.1, 0.15) is 0 Å². The molecule has 2 rings (SSSR count). The van der Waals surface area contributed by atoms with Crippen LogP contribution in [0, 0.1) is 0 Å². The van der Waals surface area contributed by atoms with Gasteiger partial charge >= 0.3 is 0 Å². The van der Waals surface area contributed by atoms with E-state index in [1.807, 2.05) is 17.9 Å². The summed E-state index contributed by atoms with van der Waals surface area (Å²) in [5, 5.41) is 12.3. The molecule has 2 aromatic heterocycles. The second-order valence-corrected chi connectivity index (χ2v) is 5.98. The van der Waals surface area contributed by atoms with Gasteiger partial charge in [0.05, 0.1) is 22.4 Å². The first kappa shape index (κ1) is 13.8. The lowest BCUT2D eigenvalue weighted by Crippen LogP contribution is -2.26. The van der Waals surface area contributed by atoms with Crippen molar-refractivity contribution < 1.29 is 0 Å². The van der Waals surface area contributed by atoms with Crippen LogP contribution in [0.1, 0.15) is 30.6 Å². The predicted molar refractivity (Wildman–Crippen MR) is 80.0 cm³/mol. The van der Waals surface area contributed by atoms with E-state index < -0.39 is 0 Å². The SMILES string of the molecule is CCCNC(Cc1ccsc1)c1c(Br)cnn1C. The Balaban J connectivity index is 2.19. The highest BCUT2D eigenvalue weighted by molar-refractivity contribution is 9.10. The van der Waals surface area contributed by atoms with Gasteiger partial charge < -0.3 is 5.32 Å². The van der Waals surface area contributed by atoms with Gasteiger partial charge in [-0.1, -0.05) is 6.92 Å². The van der Waals surface area contributed by atoms with Crippen molar-refractivity contribution in [3.63, 3.8) is 0 Å². The standard InChI is InChI=1S/C13H18BrN3S/c1-3-5-15-12(7-10-4-6-18-9-10)13-11(14)8-16-17(13)2/h4,6,8-9,12,15H,3,5,7H2,1-2H3. The molecule has 1 N–H and O–H groups in total. The van der Waals surface area contributed by atoms with Gasteiger partial charge in [-0.2, -0.15) is 16.4 Å². The van der Waals surface area contributed by atoms with E-state index in [0.717, 1.165) is 23.9 Å². The van der Waals surface area contributed by atoms with Gasteiger partial charge in [-0.3, -0.25) is 4.68 Å². The van der Waals surface area contributed by atoms with Crippen LogP contribution in [0.4, 0.5) is 0 Å². The average Bonchev–Trinajstić information content (AvgIpc) is 2.96. The summed E-state index contributed by atoms with van der Waals surface area (Å²) in [5.41, 5.74) is 2.59. The Morgan fingerprint density at radius 2 is 2.39 bits per heavy atom. The van der Waals surface area contributed by atoms with Crippen LogP contribution in [-0.2, 0) is 13.5 Å². The molecule has 3 nitrogen and oxygen atoms in total. The first-order chi connectivity index (χ1) is 8.72. The predicted octanol–water partition coefficient (Wildman–Crippen LogP) is 3.53. The Bertz CT molecular complexity index is 459. The van der Waals surface area contributed by atoms with Gasteiger partial charge in [-0.15, -0.1) is 0 Å². The first-order valence-electron chi connectivity index (χ1n) is 6.14. The van der Waals surface area contributed by atoms with Crippen LogP contribution in [0.3, 0.4) is 0 Å². The van der Waals surface area contributed by atoms with E-state index in [1.165, 1.54) is 11.3 Å². The highest BCUT2D eigenvalue weighted by atomic mass is 79.9. The molecule has 5 heteroatoms. The lowest BCUT2D eigenvalue weighted by atomic mass is 10.1. The van der Waals surface area contributed by atoms with Crippen LogP contribution in [0.15, 0.2) is 27.5 Å². The lowest BCUT2D eigenvalue weighted by Gasteiger charge is -2.19. The van der Waals surface area contributed by atoms with Crippen molar-refractivity contribution in [2.75, 3.05) is 6.54 Å². The highest BCUT2D eigenvalue weighted by Gasteiger charge is 2.18. The molecule has 0 saturated carbocycles. The monoisotopic (exact) mass is 327 g/mol. The Kier molecular flexibility index (Phi) is 4.97. The van der Waals surface area contributed by atoms with Crippen molar-refractivity contribution >= 4 is 27.3 Å². The van der Waals surface area contributed by atoms with Crippen molar-refractivity contribution in [2.24, 2.45) is 7.05 Å². The zero-order valence-electron chi connectivity index (χ0n) is 10.7. The molecule has 0 spiro atoms. The lowest BCUT2D eigenvalue weighted by molar-refractivity contribution is 0.492. The smallest absolute Gasteiger partial charge is 0.0695 e. The molecular weight excluding hydrogens is 310 g/mol. The molecule has 0 bridgehead atoms. The Morgan fingerprint density at radius 1 is 1.56 bits per heavy atom. The summed E-state index contributed by atoms with van der Waals surface area (Å²) < 4.78 is 3.03. The third-order valence-electron chi connectivity index (χ3n) is 2.93. The molecule has 98 valence electrons. The van der Waals surface area contributed by atoms with Gasteiger partial charge in [0.15, 0.2) is 0 Å². The van der Waals surface area contributed by atoms with E-state index >= 15 is 0 Å². The van der Waals surface area contributed by atoms with Crippen molar-refractivity contribution in [2.45, 2.75) is 25.8 Å². The number of aryl methyl sites for hydroxylation is 1. The van der Waals surface area contributed by atoms with Crippen LogP contribution in [0.5, 0.6) is 0 Å². The minimum absolute atomic E-state index is 0.307. The second kappa shape index (κ2) is 6.50. The van der Waals surface area contributed by atoms with Crippen LogP contribution >= 0.6 is 27.3 Å². The first-order valence-corrected chi connectivity index (χ1v) is 7.87. The number of aromatic nitrogens is 2. The summed E-state index contributed by atoms with van der Waals surface area (Å²) in [6, 6.07) is 2.50. The quantitative estimate of drug-likeness (QED) is 0.879. The van der Waals surface area contributed by atoms with E-state index in [-0.39, 0.29) is 0 Å². The number of hydrogen-bond donors (Lipinski definition) is 1. The maximum atomic E-state index is 4.31. The fourth-order valence-electron chi connectivity index (χ4n) is 2.04. The Hall–Kier alpha value is -0.650. The topological polar surface area (TPSA) is 29.9 Å². The van der Waals surface area contributed by atoms with Gasteiger partial charge in [0.2, 0.25) is 0 Å². The largest absolute Gasteiger partial charge is 0.308 e. The molecule has 18 heavy (non-hydrogen) atoms. The minimum atomic E-state index is 0.307. The fraction of sp³-hybridized carbons (Fsp3) is 0.462. The van der Waals surface area contributed by atoms with Crippen LogP contribution in [0.2, 0.25) is 0 Å². The molecule has 0 aromatic carbocycles. The van der Waals surface area contributed by atoms with Crippen molar-refractivity contribution in [1.82, 2.24) is 15.1 Å². The molecule has 0 amide bonds. The molecule has 2 heterocycles. The molecule has 0 saturated heterocycles. The van der Waals surface area contributed by atoms with Crippen LogP contribution < -0.4 is 5.32 Å². The molecule has 0 aliphatic rings. The number of thiophene rings is 1. The van der Waals surface area contributed by atoms with Gasteiger partial charge in [-0.05, 0) is 57.7 Å². The molecule has 0 fully saturated rings. The average molecular weight is 328 g/mol. The Labute approximate surface area is 120 Å². The number of hydrogen-bond acceptors (Lipinski definition) is 3. The van der Waals surface area contributed by atoms with Crippen molar-refractivity contribution in [1.29, 1.82) is 0 Å². The van der Waals surface area contributed by atoms with E-state index in [0.29, 0.717) is 6.04 Å². The van der Waals surface area contributed by atoms with Gasteiger partial charge in [-0.25, -0.2) is 0 Å². The summed E-state index contributed by atoms with van der Waals surface area (Å²) >= 11 is 5.34. The zero-order valence-corrected chi connectivity index (χ0v) is 13.1. The number of rotatable bonds is 6. The highest BCUT2D eigenvalue weighted by Crippen LogP contribution is 2.26. The maximum Gasteiger partial charge on any atom is 0.0695 e. The third-order valence-corrected chi connectivity index (χ3v) is 4.27. The van der Waals surface area contributed by atoms with Crippen LogP contribution in [0.25, 0.3) is 0 Å². The van der Waals surface area contributed by atoms with Gasteiger partial charge in [0, 0.05) is 7.05 Å². The van der Waals surface area contributed by atoms with Crippen molar-refractivity contribution in [3.05, 3.63) is 38.8 Å². The van der Waals surface area contributed by atoms with E-state index in [2.05, 4.69) is 50.1 Å². The molecule has 1 unspecified atom stereocenters. The summed E-state index contributed by atoms with van der Waals surface area (Å²) in [5.74, 6) is 0. The molecule has 0 radical (unpaired) electrons. The van der Waals surface area contributed by atoms with E-state index in [4.69, 9.17) is 0 Å². The zero-order chi connectivity index (χ0) is 13.0. The Morgan fingerprint density at radius 3 is 2.94 bits per heavy atom. The number of nitrogens with one attached hydrogen (secondary N) is 1. The maximum absolute atomic E-state index is 4.31. The third kappa shape index (κ3) is 3.22. The summed E-state index contributed by atoms with van der Waals surface area (Å²) in [6.45, 7) is 3.21. The van der Waals surface area contributed by atoms with Crippen molar-refractivity contribution in [3.8, 4) is 0 Å². The fourth-order valence-corrected chi connectivity index (χ4v) is 3.35. The summed E-state index contributed by atoms with van der Waals surface area (Å²) in [7, 11) is 1.99.